The standard InChI is InChI=1S/C15H23N3O3/c1-12(19)18(11-13-7-5-6-8-16-13)10-9-17-14(20)21-15(2,3)4/h5-8H,9-11H2,1-4H3,(H,17,20). The molecule has 0 atom stereocenters. The van der Waals surface area contributed by atoms with Crippen molar-refractivity contribution in [2.75, 3.05) is 13.1 Å². The minimum absolute atomic E-state index is 0.0633. The Bertz CT molecular complexity index is 469. The van der Waals surface area contributed by atoms with Gasteiger partial charge in [0.25, 0.3) is 0 Å². The normalized spacial score (nSPS) is 10.9. The predicted molar refractivity (Wildman–Crippen MR) is 79.6 cm³/mol. The van der Waals surface area contributed by atoms with Gasteiger partial charge in [0.05, 0.1) is 12.2 Å². The van der Waals surface area contributed by atoms with Crippen LogP contribution < -0.4 is 5.32 Å². The predicted octanol–water partition coefficient (Wildman–Crippen LogP) is 1.95. The number of amides is 2. The van der Waals surface area contributed by atoms with E-state index in [0.29, 0.717) is 19.6 Å². The smallest absolute Gasteiger partial charge is 0.407 e. The average Bonchev–Trinajstić information content (AvgIpc) is 2.36. The van der Waals surface area contributed by atoms with Gasteiger partial charge in [-0.2, -0.15) is 0 Å². The van der Waals surface area contributed by atoms with Crippen LogP contribution in [0.4, 0.5) is 4.79 Å². The van der Waals surface area contributed by atoms with Crippen molar-refractivity contribution in [3.63, 3.8) is 0 Å². The lowest BCUT2D eigenvalue weighted by Gasteiger charge is -2.22. The highest BCUT2D eigenvalue weighted by Gasteiger charge is 2.16. The Morgan fingerprint density at radius 2 is 2.05 bits per heavy atom. The van der Waals surface area contributed by atoms with Gasteiger partial charge in [0.2, 0.25) is 5.91 Å². The van der Waals surface area contributed by atoms with Crippen LogP contribution in [0.3, 0.4) is 0 Å². The number of hydrogen-bond acceptors (Lipinski definition) is 4. The molecule has 21 heavy (non-hydrogen) atoms. The van der Waals surface area contributed by atoms with Gasteiger partial charge in [0.15, 0.2) is 0 Å². The second-order valence-electron chi connectivity index (χ2n) is 5.69. The molecule has 6 heteroatoms. The molecule has 1 heterocycles. The molecule has 2 amide bonds. The molecule has 0 aliphatic rings. The molecule has 0 unspecified atom stereocenters. The summed E-state index contributed by atoms with van der Waals surface area (Å²) in [6.07, 6.45) is 1.20. The summed E-state index contributed by atoms with van der Waals surface area (Å²) in [5.41, 5.74) is 0.281. The van der Waals surface area contributed by atoms with Crippen LogP contribution in [-0.2, 0) is 16.1 Å². The highest BCUT2D eigenvalue weighted by atomic mass is 16.6. The Kier molecular flexibility index (Phi) is 6.14. The van der Waals surface area contributed by atoms with Gasteiger partial charge in [-0.3, -0.25) is 9.78 Å². The van der Waals surface area contributed by atoms with Crippen molar-refractivity contribution < 1.29 is 14.3 Å². The number of carbonyl (C=O) groups excluding carboxylic acids is 2. The van der Waals surface area contributed by atoms with E-state index in [1.54, 1.807) is 31.9 Å². The van der Waals surface area contributed by atoms with E-state index in [2.05, 4.69) is 10.3 Å². The minimum atomic E-state index is -0.529. The Morgan fingerprint density at radius 1 is 1.33 bits per heavy atom. The van der Waals surface area contributed by atoms with Crippen LogP contribution in [0.15, 0.2) is 24.4 Å². The first-order chi connectivity index (χ1) is 9.78. The largest absolute Gasteiger partial charge is 0.444 e. The van der Waals surface area contributed by atoms with Crippen LogP contribution in [0.1, 0.15) is 33.4 Å². The Balaban J connectivity index is 2.42. The number of nitrogens with zero attached hydrogens (tertiary/aromatic N) is 2. The van der Waals surface area contributed by atoms with E-state index in [9.17, 15) is 9.59 Å². The third kappa shape index (κ3) is 7.29. The van der Waals surface area contributed by atoms with Crippen LogP contribution in [0.25, 0.3) is 0 Å². The van der Waals surface area contributed by atoms with Gasteiger partial charge < -0.3 is 15.0 Å². The van der Waals surface area contributed by atoms with Crippen molar-refractivity contribution in [3.8, 4) is 0 Å². The number of ether oxygens (including phenoxy) is 1. The Morgan fingerprint density at radius 3 is 2.57 bits per heavy atom. The quantitative estimate of drug-likeness (QED) is 0.900. The number of pyridine rings is 1. The lowest BCUT2D eigenvalue weighted by atomic mass is 10.2. The maximum Gasteiger partial charge on any atom is 0.407 e. The van der Waals surface area contributed by atoms with Gasteiger partial charge in [-0.05, 0) is 32.9 Å². The molecule has 1 rings (SSSR count). The molecule has 1 aromatic heterocycles. The third-order valence-electron chi connectivity index (χ3n) is 2.57. The summed E-state index contributed by atoms with van der Waals surface area (Å²) in [5.74, 6) is -0.0633. The molecule has 0 bridgehead atoms. The molecular weight excluding hydrogens is 270 g/mol. The van der Waals surface area contributed by atoms with E-state index in [1.165, 1.54) is 6.92 Å². The van der Waals surface area contributed by atoms with Crippen molar-refractivity contribution in [1.82, 2.24) is 15.2 Å². The summed E-state index contributed by atoms with van der Waals surface area (Å²) in [6.45, 7) is 8.07. The first kappa shape index (κ1) is 16.9. The zero-order chi connectivity index (χ0) is 15.9. The van der Waals surface area contributed by atoms with Crippen LogP contribution in [-0.4, -0.2) is 40.6 Å². The van der Waals surface area contributed by atoms with Gasteiger partial charge in [0.1, 0.15) is 5.60 Å². The van der Waals surface area contributed by atoms with Gasteiger partial charge in [0, 0.05) is 26.2 Å². The first-order valence-corrected chi connectivity index (χ1v) is 6.90. The van der Waals surface area contributed by atoms with Gasteiger partial charge in [-0.1, -0.05) is 6.07 Å². The fraction of sp³-hybridized carbons (Fsp3) is 0.533. The van der Waals surface area contributed by atoms with E-state index in [0.717, 1.165) is 5.69 Å². The lowest BCUT2D eigenvalue weighted by Crippen LogP contribution is -2.39. The zero-order valence-corrected chi connectivity index (χ0v) is 13.0. The maximum atomic E-state index is 11.6. The minimum Gasteiger partial charge on any atom is -0.444 e. The molecule has 0 aromatic carbocycles. The van der Waals surface area contributed by atoms with Gasteiger partial charge >= 0.3 is 6.09 Å². The van der Waals surface area contributed by atoms with Crippen molar-refractivity contribution in [2.24, 2.45) is 0 Å². The average molecular weight is 293 g/mol. The second-order valence-corrected chi connectivity index (χ2v) is 5.69. The fourth-order valence-corrected chi connectivity index (χ4v) is 1.64. The summed E-state index contributed by atoms with van der Waals surface area (Å²) in [6, 6.07) is 5.56. The van der Waals surface area contributed by atoms with E-state index in [-0.39, 0.29) is 5.91 Å². The number of hydrogen-bond donors (Lipinski definition) is 1. The molecule has 0 fully saturated rings. The second kappa shape index (κ2) is 7.61. The Hall–Kier alpha value is -2.11. The number of aromatic nitrogens is 1. The van der Waals surface area contributed by atoms with Crippen molar-refractivity contribution in [1.29, 1.82) is 0 Å². The third-order valence-corrected chi connectivity index (χ3v) is 2.57. The van der Waals surface area contributed by atoms with E-state index < -0.39 is 11.7 Å². The lowest BCUT2D eigenvalue weighted by molar-refractivity contribution is -0.129. The Labute approximate surface area is 125 Å². The molecule has 0 aliphatic carbocycles. The van der Waals surface area contributed by atoms with Crippen LogP contribution in [0, 0.1) is 0 Å². The maximum absolute atomic E-state index is 11.6. The molecular formula is C15H23N3O3. The number of carbonyl (C=O) groups is 2. The molecule has 0 radical (unpaired) electrons. The SMILES string of the molecule is CC(=O)N(CCNC(=O)OC(C)(C)C)Cc1ccccn1. The molecule has 0 saturated carbocycles. The highest BCUT2D eigenvalue weighted by Crippen LogP contribution is 2.06. The molecule has 116 valence electrons. The summed E-state index contributed by atoms with van der Waals surface area (Å²) in [7, 11) is 0. The topological polar surface area (TPSA) is 71.5 Å². The number of nitrogens with one attached hydrogen (secondary N) is 1. The summed E-state index contributed by atoms with van der Waals surface area (Å²) < 4.78 is 5.13. The monoisotopic (exact) mass is 293 g/mol. The van der Waals surface area contributed by atoms with Gasteiger partial charge in [-0.15, -0.1) is 0 Å². The first-order valence-electron chi connectivity index (χ1n) is 6.90. The molecule has 1 aromatic rings. The summed E-state index contributed by atoms with van der Waals surface area (Å²) >= 11 is 0. The number of alkyl carbamates (subject to hydrolysis) is 1. The van der Waals surface area contributed by atoms with Crippen molar-refractivity contribution >= 4 is 12.0 Å². The van der Waals surface area contributed by atoms with Gasteiger partial charge in [-0.25, -0.2) is 4.79 Å². The molecule has 0 aliphatic heterocycles. The van der Waals surface area contributed by atoms with Crippen molar-refractivity contribution in [3.05, 3.63) is 30.1 Å². The molecule has 1 N–H and O–H groups in total. The van der Waals surface area contributed by atoms with Crippen LogP contribution in [0.5, 0.6) is 0 Å². The summed E-state index contributed by atoms with van der Waals surface area (Å²) in [5, 5.41) is 2.63. The van der Waals surface area contributed by atoms with E-state index in [1.807, 2.05) is 18.2 Å². The molecule has 0 saturated heterocycles. The van der Waals surface area contributed by atoms with Crippen molar-refractivity contribution in [2.45, 2.75) is 39.8 Å². The summed E-state index contributed by atoms with van der Waals surface area (Å²) in [4.78, 5) is 28.9. The number of rotatable bonds is 5. The molecule has 0 spiro atoms. The zero-order valence-electron chi connectivity index (χ0n) is 13.0. The molecule has 6 nitrogen and oxygen atoms in total. The van der Waals surface area contributed by atoms with E-state index >= 15 is 0 Å². The highest BCUT2D eigenvalue weighted by molar-refractivity contribution is 5.73. The van der Waals surface area contributed by atoms with E-state index in [4.69, 9.17) is 4.74 Å². The van der Waals surface area contributed by atoms with Crippen LogP contribution >= 0.6 is 0 Å². The van der Waals surface area contributed by atoms with Crippen LogP contribution in [0.2, 0.25) is 0 Å². The fourth-order valence-electron chi connectivity index (χ4n) is 1.64.